The molecule has 0 spiro atoms. The molecule has 0 aromatic heterocycles. The Balaban J connectivity index is 2.03. The van der Waals surface area contributed by atoms with Crippen LogP contribution in [-0.4, -0.2) is 15.0 Å². The van der Waals surface area contributed by atoms with Crippen LogP contribution in [0.1, 0.15) is 37.3 Å². The van der Waals surface area contributed by atoms with Crippen LogP contribution in [0.2, 0.25) is 0 Å². The average Bonchev–Trinajstić information content (AvgIpc) is 2.55. The van der Waals surface area contributed by atoms with E-state index >= 15 is 0 Å². The minimum Gasteiger partial charge on any atom is -0.385 e. The third-order valence-electron chi connectivity index (χ3n) is 4.04. The number of aryl methyl sites for hydroxylation is 2. The second-order valence-corrected chi connectivity index (χ2v) is 7.75. The molecule has 0 saturated heterocycles. The molecule has 0 aliphatic heterocycles. The van der Waals surface area contributed by atoms with Crippen molar-refractivity contribution in [3.63, 3.8) is 0 Å². The third kappa shape index (κ3) is 4.99. The summed E-state index contributed by atoms with van der Waals surface area (Å²) in [5.41, 5.74) is 3.60. The predicted molar refractivity (Wildman–Crippen MR) is 101 cm³/mol. The largest absolute Gasteiger partial charge is 0.385 e. The third-order valence-corrected chi connectivity index (χ3v) is 5.41. The molecule has 4 nitrogen and oxygen atoms in total. The molecule has 2 aromatic rings. The molecule has 0 fully saturated rings. The van der Waals surface area contributed by atoms with E-state index < -0.39 is 10.0 Å². The number of hydrogen-bond donors (Lipinski definition) is 2. The van der Waals surface area contributed by atoms with Gasteiger partial charge in [0.15, 0.2) is 0 Å². The van der Waals surface area contributed by atoms with Crippen molar-refractivity contribution in [3.8, 4) is 0 Å². The van der Waals surface area contributed by atoms with E-state index in [0.717, 1.165) is 29.8 Å². The van der Waals surface area contributed by atoms with E-state index in [1.165, 1.54) is 12.8 Å². The molecular weight excluding hydrogens is 320 g/mol. The zero-order valence-corrected chi connectivity index (χ0v) is 15.4. The Morgan fingerprint density at radius 2 is 1.54 bits per heavy atom. The summed E-state index contributed by atoms with van der Waals surface area (Å²) in [6.45, 7) is 6.98. The number of hydrogen-bond acceptors (Lipinski definition) is 3. The molecular formula is C19H26N2O2S. The Kier molecular flexibility index (Phi) is 6.26. The van der Waals surface area contributed by atoms with Crippen molar-refractivity contribution in [2.45, 2.75) is 44.9 Å². The van der Waals surface area contributed by atoms with Gasteiger partial charge in [0.2, 0.25) is 0 Å². The molecule has 0 heterocycles. The van der Waals surface area contributed by atoms with Crippen molar-refractivity contribution < 1.29 is 8.42 Å². The topological polar surface area (TPSA) is 58.2 Å². The number of sulfonamides is 1. The second kappa shape index (κ2) is 8.20. The van der Waals surface area contributed by atoms with Gasteiger partial charge < -0.3 is 5.32 Å². The summed E-state index contributed by atoms with van der Waals surface area (Å²) in [5.74, 6) is 0. The van der Waals surface area contributed by atoms with Gasteiger partial charge in [0, 0.05) is 17.9 Å². The van der Waals surface area contributed by atoms with Crippen molar-refractivity contribution in [1.82, 2.24) is 0 Å². The average molecular weight is 346 g/mol. The first-order chi connectivity index (χ1) is 11.4. The lowest BCUT2D eigenvalue weighted by Crippen LogP contribution is -2.13. The van der Waals surface area contributed by atoms with E-state index in [-0.39, 0.29) is 4.90 Å². The molecule has 2 rings (SSSR count). The van der Waals surface area contributed by atoms with Gasteiger partial charge in [-0.3, -0.25) is 4.72 Å². The van der Waals surface area contributed by atoms with Crippen molar-refractivity contribution in [2.75, 3.05) is 16.6 Å². The maximum absolute atomic E-state index is 12.5. The van der Waals surface area contributed by atoms with Crippen LogP contribution in [0, 0.1) is 13.8 Å². The highest BCUT2D eigenvalue weighted by Crippen LogP contribution is 2.20. The summed E-state index contributed by atoms with van der Waals surface area (Å²) in [6.07, 6.45) is 3.54. The first kappa shape index (κ1) is 18.3. The fourth-order valence-corrected chi connectivity index (χ4v) is 3.50. The summed E-state index contributed by atoms with van der Waals surface area (Å²) < 4.78 is 27.6. The van der Waals surface area contributed by atoms with E-state index in [0.29, 0.717) is 5.69 Å². The molecule has 0 unspecified atom stereocenters. The molecule has 24 heavy (non-hydrogen) atoms. The summed E-state index contributed by atoms with van der Waals surface area (Å²) in [6, 6.07) is 12.5. The molecule has 0 saturated carbocycles. The van der Waals surface area contributed by atoms with Crippen LogP contribution < -0.4 is 10.0 Å². The van der Waals surface area contributed by atoms with Crippen LogP contribution in [0.15, 0.2) is 47.4 Å². The number of unbranched alkanes of at least 4 members (excludes halogenated alkanes) is 2. The van der Waals surface area contributed by atoms with Crippen molar-refractivity contribution in [1.29, 1.82) is 0 Å². The Bertz CT molecular complexity index is 768. The summed E-state index contributed by atoms with van der Waals surface area (Å²) in [5, 5.41) is 3.34. The lowest BCUT2D eigenvalue weighted by molar-refractivity contribution is 0.601. The molecule has 0 bridgehead atoms. The molecule has 2 aromatic carbocycles. The minimum absolute atomic E-state index is 0.285. The lowest BCUT2D eigenvalue weighted by Gasteiger charge is -2.11. The van der Waals surface area contributed by atoms with E-state index in [1.54, 1.807) is 24.3 Å². The SMILES string of the molecule is CCCCCNc1ccc(NS(=O)(=O)c2ccc(C)c(C)c2)cc1. The van der Waals surface area contributed by atoms with E-state index in [4.69, 9.17) is 0 Å². The van der Waals surface area contributed by atoms with Crippen molar-refractivity contribution >= 4 is 21.4 Å². The van der Waals surface area contributed by atoms with Gasteiger partial charge in [0.05, 0.1) is 4.90 Å². The molecule has 0 aliphatic rings. The monoisotopic (exact) mass is 346 g/mol. The summed E-state index contributed by atoms with van der Waals surface area (Å²) >= 11 is 0. The van der Waals surface area contributed by atoms with Gasteiger partial charge in [-0.2, -0.15) is 0 Å². The predicted octanol–water partition coefficient (Wildman–Crippen LogP) is 4.71. The number of anilines is 2. The van der Waals surface area contributed by atoms with E-state index in [1.807, 2.05) is 32.0 Å². The normalized spacial score (nSPS) is 11.3. The maximum atomic E-state index is 12.5. The lowest BCUT2D eigenvalue weighted by atomic mass is 10.1. The minimum atomic E-state index is -3.56. The zero-order chi connectivity index (χ0) is 17.6. The Labute approximate surface area is 145 Å². The molecule has 0 radical (unpaired) electrons. The van der Waals surface area contributed by atoms with Gasteiger partial charge in [0.1, 0.15) is 0 Å². The molecule has 0 amide bonds. The Morgan fingerprint density at radius 1 is 0.875 bits per heavy atom. The van der Waals surface area contributed by atoms with E-state index in [9.17, 15) is 8.42 Å². The quantitative estimate of drug-likeness (QED) is 0.681. The Morgan fingerprint density at radius 3 is 2.17 bits per heavy atom. The molecule has 130 valence electrons. The van der Waals surface area contributed by atoms with Gasteiger partial charge in [-0.25, -0.2) is 8.42 Å². The number of nitrogens with one attached hydrogen (secondary N) is 2. The van der Waals surface area contributed by atoms with Crippen LogP contribution in [0.3, 0.4) is 0 Å². The Hall–Kier alpha value is -2.01. The molecule has 0 aliphatic carbocycles. The summed E-state index contributed by atoms with van der Waals surface area (Å²) in [7, 11) is -3.56. The van der Waals surface area contributed by atoms with Crippen LogP contribution >= 0.6 is 0 Å². The van der Waals surface area contributed by atoms with Gasteiger partial charge in [-0.05, 0) is 67.8 Å². The second-order valence-electron chi connectivity index (χ2n) is 6.06. The van der Waals surface area contributed by atoms with E-state index in [2.05, 4.69) is 17.0 Å². The molecule has 5 heteroatoms. The highest BCUT2D eigenvalue weighted by molar-refractivity contribution is 7.92. The van der Waals surface area contributed by atoms with Gasteiger partial charge >= 0.3 is 0 Å². The van der Waals surface area contributed by atoms with Crippen LogP contribution in [-0.2, 0) is 10.0 Å². The standard InChI is InChI=1S/C19H26N2O2S/c1-4-5-6-13-20-17-8-10-18(11-9-17)21-24(22,23)19-12-7-15(2)16(3)14-19/h7-12,14,20-21H,4-6,13H2,1-3H3. The molecule has 0 atom stereocenters. The van der Waals surface area contributed by atoms with Gasteiger partial charge in [0.25, 0.3) is 10.0 Å². The van der Waals surface area contributed by atoms with Gasteiger partial charge in [-0.15, -0.1) is 0 Å². The van der Waals surface area contributed by atoms with Crippen LogP contribution in [0.5, 0.6) is 0 Å². The van der Waals surface area contributed by atoms with Crippen molar-refractivity contribution in [3.05, 3.63) is 53.6 Å². The first-order valence-electron chi connectivity index (χ1n) is 8.36. The first-order valence-corrected chi connectivity index (χ1v) is 9.84. The highest BCUT2D eigenvalue weighted by Gasteiger charge is 2.14. The smallest absolute Gasteiger partial charge is 0.261 e. The van der Waals surface area contributed by atoms with Crippen molar-refractivity contribution in [2.24, 2.45) is 0 Å². The fourth-order valence-electron chi connectivity index (χ4n) is 2.36. The van der Waals surface area contributed by atoms with Crippen LogP contribution in [0.25, 0.3) is 0 Å². The highest BCUT2D eigenvalue weighted by atomic mass is 32.2. The van der Waals surface area contributed by atoms with Crippen LogP contribution in [0.4, 0.5) is 11.4 Å². The maximum Gasteiger partial charge on any atom is 0.261 e. The number of rotatable bonds is 8. The number of benzene rings is 2. The fraction of sp³-hybridized carbons (Fsp3) is 0.368. The summed E-state index contributed by atoms with van der Waals surface area (Å²) in [4.78, 5) is 0.285. The van der Waals surface area contributed by atoms with Gasteiger partial charge in [-0.1, -0.05) is 25.8 Å². The molecule has 2 N–H and O–H groups in total. The zero-order valence-electron chi connectivity index (χ0n) is 14.6.